The van der Waals surface area contributed by atoms with Crippen molar-refractivity contribution in [2.75, 3.05) is 0 Å². The van der Waals surface area contributed by atoms with Crippen molar-refractivity contribution in [1.82, 2.24) is 0 Å². The third kappa shape index (κ3) is 5.42. The van der Waals surface area contributed by atoms with Crippen molar-refractivity contribution in [3.05, 3.63) is 71.8 Å². The van der Waals surface area contributed by atoms with E-state index in [-0.39, 0.29) is 6.42 Å². The molecule has 0 spiro atoms. The van der Waals surface area contributed by atoms with Gasteiger partial charge in [0.15, 0.2) is 6.10 Å². The Hall–Kier alpha value is -3.19. The zero-order valence-electron chi connectivity index (χ0n) is 16.1. The van der Waals surface area contributed by atoms with Crippen LogP contribution in [-0.4, -0.2) is 42.5 Å². The van der Waals surface area contributed by atoms with Gasteiger partial charge in [0.2, 0.25) is 6.29 Å². The van der Waals surface area contributed by atoms with Crippen LogP contribution < -0.4 is 0 Å². The van der Waals surface area contributed by atoms with E-state index in [1.165, 1.54) is 6.92 Å². The fourth-order valence-corrected chi connectivity index (χ4v) is 3.09. The number of hydrogen-bond acceptors (Lipinski definition) is 7. The molecule has 29 heavy (non-hydrogen) atoms. The van der Waals surface area contributed by atoms with Crippen LogP contribution in [0, 0.1) is 0 Å². The summed E-state index contributed by atoms with van der Waals surface area (Å²) in [5.74, 6) is -1.64. The number of hydrogen-bond donors (Lipinski definition) is 0. The van der Waals surface area contributed by atoms with Gasteiger partial charge in [0, 0.05) is 6.92 Å². The lowest BCUT2D eigenvalue weighted by molar-refractivity contribution is -0.239. The van der Waals surface area contributed by atoms with Crippen molar-refractivity contribution in [3.63, 3.8) is 0 Å². The maximum absolute atomic E-state index is 12.5. The zero-order valence-corrected chi connectivity index (χ0v) is 16.1. The van der Waals surface area contributed by atoms with Crippen molar-refractivity contribution in [2.45, 2.75) is 44.9 Å². The van der Waals surface area contributed by atoms with Gasteiger partial charge in [-0.05, 0) is 31.2 Å². The van der Waals surface area contributed by atoms with Gasteiger partial charge in [0.1, 0.15) is 6.10 Å². The molecule has 1 heterocycles. The molecule has 1 aliphatic heterocycles. The first-order valence-corrected chi connectivity index (χ1v) is 9.29. The van der Waals surface area contributed by atoms with E-state index in [0.717, 1.165) is 0 Å². The van der Waals surface area contributed by atoms with Gasteiger partial charge in [-0.2, -0.15) is 0 Å². The number of ether oxygens (including phenoxy) is 4. The molecular formula is C22H22O7. The van der Waals surface area contributed by atoms with Crippen molar-refractivity contribution in [2.24, 2.45) is 0 Å². The first kappa shape index (κ1) is 20.5. The highest BCUT2D eigenvalue weighted by Gasteiger charge is 2.43. The minimum Gasteiger partial charge on any atom is -0.454 e. The van der Waals surface area contributed by atoms with E-state index in [1.807, 2.05) is 0 Å². The summed E-state index contributed by atoms with van der Waals surface area (Å²) in [7, 11) is 0. The molecular weight excluding hydrogens is 376 g/mol. The Kier molecular flexibility index (Phi) is 6.61. The molecule has 0 radical (unpaired) electrons. The van der Waals surface area contributed by atoms with Crippen molar-refractivity contribution in [1.29, 1.82) is 0 Å². The molecule has 0 bridgehead atoms. The summed E-state index contributed by atoms with van der Waals surface area (Å²) in [5, 5.41) is 0. The molecule has 152 valence electrons. The molecule has 4 unspecified atom stereocenters. The molecule has 0 amide bonds. The Bertz CT molecular complexity index is 850. The normalized spacial score (nSPS) is 23.7. The monoisotopic (exact) mass is 398 g/mol. The van der Waals surface area contributed by atoms with Crippen LogP contribution in [0.5, 0.6) is 0 Å². The van der Waals surface area contributed by atoms with Gasteiger partial charge in [-0.3, -0.25) is 4.79 Å². The van der Waals surface area contributed by atoms with E-state index in [0.29, 0.717) is 11.1 Å². The van der Waals surface area contributed by atoms with Crippen molar-refractivity contribution in [3.8, 4) is 0 Å². The predicted octanol–water partition coefficient (Wildman–Crippen LogP) is 3.14. The van der Waals surface area contributed by atoms with Crippen LogP contribution in [0.2, 0.25) is 0 Å². The largest absolute Gasteiger partial charge is 0.454 e. The van der Waals surface area contributed by atoms with E-state index in [9.17, 15) is 14.4 Å². The molecule has 3 rings (SSSR count). The Balaban J connectivity index is 1.78. The molecule has 7 heteroatoms. The fraction of sp³-hybridized carbons (Fsp3) is 0.318. The second-order valence-electron chi connectivity index (χ2n) is 6.66. The van der Waals surface area contributed by atoms with Gasteiger partial charge in [-0.15, -0.1) is 0 Å². The quantitative estimate of drug-likeness (QED) is 0.565. The molecule has 2 aromatic carbocycles. The minimum absolute atomic E-state index is 0.0508. The van der Waals surface area contributed by atoms with Crippen LogP contribution in [0.3, 0.4) is 0 Å². The van der Waals surface area contributed by atoms with Crippen LogP contribution in [0.4, 0.5) is 0 Å². The summed E-state index contributed by atoms with van der Waals surface area (Å²) in [6.45, 7) is 2.93. The Morgan fingerprint density at radius 1 is 0.828 bits per heavy atom. The predicted molar refractivity (Wildman–Crippen MR) is 102 cm³/mol. The van der Waals surface area contributed by atoms with Crippen LogP contribution in [0.25, 0.3) is 0 Å². The number of esters is 3. The number of benzene rings is 2. The minimum atomic E-state index is -0.900. The van der Waals surface area contributed by atoms with Gasteiger partial charge in [-0.25, -0.2) is 9.59 Å². The first-order valence-electron chi connectivity index (χ1n) is 9.29. The maximum Gasteiger partial charge on any atom is 0.338 e. The molecule has 1 fully saturated rings. The summed E-state index contributed by atoms with van der Waals surface area (Å²) in [6.07, 6.45) is -3.21. The summed E-state index contributed by atoms with van der Waals surface area (Å²) in [4.78, 5) is 36.4. The second kappa shape index (κ2) is 9.34. The van der Waals surface area contributed by atoms with Crippen LogP contribution in [0.1, 0.15) is 41.0 Å². The average molecular weight is 398 g/mol. The van der Waals surface area contributed by atoms with E-state index in [1.54, 1.807) is 67.6 Å². The van der Waals surface area contributed by atoms with Crippen LogP contribution >= 0.6 is 0 Å². The van der Waals surface area contributed by atoms with E-state index in [2.05, 4.69) is 0 Å². The Morgan fingerprint density at radius 2 is 1.34 bits per heavy atom. The Labute approximate surface area is 168 Å². The smallest absolute Gasteiger partial charge is 0.338 e. The van der Waals surface area contributed by atoms with Crippen molar-refractivity contribution >= 4 is 17.9 Å². The molecule has 0 aromatic heterocycles. The molecule has 4 atom stereocenters. The van der Waals surface area contributed by atoms with Crippen LogP contribution in [-0.2, 0) is 23.7 Å². The number of carbonyl (C=O) groups excluding carboxylic acids is 3. The lowest BCUT2D eigenvalue weighted by Crippen LogP contribution is -2.51. The second-order valence-corrected chi connectivity index (χ2v) is 6.66. The molecule has 2 aromatic rings. The third-order valence-corrected chi connectivity index (χ3v) is 4.44. The Morgan fingerprint density at radius 3 is 1.86 bits per heavy atom. The lowest BCUT2D eigenvalue weighted by Gasteiger charge is -2.38. The third-order valence-electron chi connectivity index (χ3n) is 4.44. The topological polar surface area (TPSA) is 88.1 Å². The van der Waals surface area contributed by atoms with Gasteiger partial charge in [0.05, 0.1) is 23.7 Å². The van der Waals surface area contributed by atoms with E-state index < -0.39 is 42.5 Å². The molecule has 1 saturated heterocycles. The molecule has 0 N–H and O–H groups in total. The van der Waals surface area contributed by atoms with E-state index in [4.69, 9.17) is 18.9 Å². The van der Waals surface area contributed by atoms with Gasteiger partial charge >= 0.3 is 17.9 Å². The van der Waals surface area contributed by atoms with Gasteiger partial charge < -0.3 is 18.9 Å². The highest BCUT2D eigenvalue weighted by molar-refractivity contribution is 5.90. The summed E-state index contributed by atoms with van der Waals surface area (Å²) in [6, 6.07) is 17.0. The van der Waals surface area contributed by atoms with Crippen LogP contribution in [0.15, 0.2) is 60.7 Å². The maximum atomic E-state index is 12.5. The summed E-state index contributed by atoms with van der Waals surface area (Å²) < 4.78 is 22.0. The zero-order chi connectivity index (χ0) is 20.8. The molecule has 1 aliphatic rings. The standard InChI is InChI=1S/C22H22O7/c1-14-20(29-22(25)17-11-7-4-8-12-17)18(13-19(26-14)27-15(2)23)28-21(24)16-9-5-3-6-10-16/h3-12,14,18-20H,13H2,1-2H3. The highest BCUT2D eigenvalue weighted by Crippen LogP contribution is 2.27. The number of carbonyl (C=O) groups is 3. The van der Waals surface area contributed by atoms with Gasteiger partial charge in [-0.1, -0.05) is 36.4 Å². The molecule has 7 nitrogen and oxygen atoms in total. The summed E-state index contributed by atoms with van der Waals surface area (Å²) >= 11 is 0. The van der Waals surface area contributed by atoms with E-state index >= 15 is 0 Å². The SMILES string of the molecule is CC(=O)OC1CC(OC(=O)c2ccccc2)C(OC(=O)c2ccccc2)C(C)O1. The molecule has 0 aliphatic carbocycles. The van der Waals surface area contributed by atoms with Gasteiger partial charge in [0.25, 0.3) is 0 Å². The lowest BCUT2D eigenvalue weighted by atomic mass is 10.0. The molecule has 0 saturated carbocycles. The highest BCUT2D eigenvalue weighted by atomic mass is 16.7. The average Bonchev–Trinajstić information content (AvgIpc) is 2.71. The first-order chi connectivity index (χ1) is 13.9. The number of rotatable bonds is 5. The fourth-order valence-electron chi connectivity index (χ4n) is 3.09. The summed E-state index contributed by atoms with van der Waals surface area (Å²) in [5.41, 5.74) is 0.735. The van der Waals surface area contributed by atoms with Crippen molar-refractivity contribution < 1.29 is 33.3 Å².